The molecule has 0 saturated heterocycles. The molecule has 0 spiro atoms. The van der Waals surface area contributed by atoms with Gasteiger partial charge in [-0.05, 0) is 37.1 Å². The van der Waals surface area contributed by atoms with E-state index in [0.29, 0.717) is 18.8 Å². The van der Waals surface area contributed by atoms with E-state index in [2.05, 4.69) is 15.2 Å². The zero-order valence-electron chi connectivity index (χ0n) is 18.6. The molecule has 0 aliphatic carbocycles. The van der Waals surface area contributed by atoms with E-state index in [1.807, 2.05) is 11.8 Å². The number of nitro groups is 1. The number of nitrogens with zero attached hydrogens (tertiary/aromatic N) is 5. The van der Waals surface area contributed by atoms with E-state index in [1.165, 1.54) is 24.3 Å². The fraction of sp³-hybridized carbons (Fsp3) is 0.353. The van der Waals surface area contributed by atoms with Gasteiger partial charge in [-0.1, -0.05) is 12.7 Å². The normalized spacial score (nSPS) is 10.2. The summed E-state index contributed by atoms with van der Waals surface area (Å²) < 4.78 is 32.3. The molecule has 1 aromatic heterocycles. The number of aromatic nitrogens is 1. The van der Waals surface area contributed by atoms with Crippen LogP contribution in [-0.2, 0) is 10.1 Å². The van der Waals surface area contributed by atoms with E-state index < -0.39 is 26.5 Å². The van der Waals surface area contributed by atoms with Crippen LogP contribution in [0.25, 0.3) is 0 Å². The number of rotatable bonds is 10. The minimum atomic E-state index is -4.28. The maximum Gasteiger partial charge on any atom is 1.00 e. The zero-order chi connectivity index (χ0) is 21.4. The molecule has 0 aliphatic heterocycles. The summed E-state index contributed by atoms with van der Waals surface area (Å²) in [4.78, 5) is 15.6. The summed E-state index contributed by atoms with van der Waals surface area (Å²) >= 11 is 0. The predicted octanol–water partition coefficient (Wildman–Crippen LogP) is -5.01. The van der Waals surface area contributed by atoms with Crippen LogP contribution in [0.4, 0.5) is 22.9 Å². The first kappa shape index (κ1) is 36.4. The fourth-order valence-electron chi connectivity index (χ4n) is 2.50. The smallest absolute Gasteiger partial charge is 0.871 e. The first-order chi connectivity index (χ1) is 13.7. The fourth-order valence-corrected chi connectivity index (χ4v) is 2.99. The van der Waals surface area contributed by atoms with Crippen molar-refractivity contribution >= 4 is 33.0 Å². The summed E-state index contributed by atoms with van der Waals surface area (Å²) in [6, 6.07) is 7.03. The first-order valence-electron chi connectivity index (χ1n) is 8.71. The van der Waals surface area contributed by atoms with Gasteiger partial charge in [0.25, 0.3) is 5.69 Å². The molecule has 0 radical (unpaired) electrons. The Balaban J connectivity index is -0.00000225. The summed E-state index contributed by atoms with van der Waals surface area (Å²) in [7, 11) is -4.28. The van der Waals surface area contributed by atoms with Crippen molar-refractivity contribution in [2.24, 2.45) is 10.2 Å². The molecule has 1 heterocycles. The van der Waals surface area contributed by atoms with Crippen molar-refractivity contribution in [1.29, 1.82) is 0 Å². The van der Waals surface area contributed by atoms with Crippen LogP contribution in [0.1, 0.15) is 19.8 Å². The van der Waals surface area contributed by atoms with Crippen LogP contribution < -0.4 is 69.1 Å². The molecule has 0 bridgehead atoms. The molecule has 0 atom stereocenters. The summed E-state index contributed by atoms with van der Waals surface area (Å²) in [6.45, 7) is 2.85. The molecule has 0 saturated carbocycles. The molecule has 2 rings (SSSR count). The maximum absolute atomic E-state index is 12.3. The Morgan fingerprint density at radius 3 is 2.24 bits per heavy atom. The van der Waals surface area contributed by atoms with E-state index in [-0.39, 0.29) is 93.7 Å². The van der Waals surface area contributed by atoms with Crippen LogP contribution in [0.15, 0.2) is 46.8 Å². The quantitative estimate of drug-likeness (QED) is 0.0999. The van der Waals surface area contributed by atoms with Crippen molar-refractivity contribution in [3.8, 4) is 5.75 Å². The van der Waals surface area contributed by atoms with Crippen LogP contribution in [-0.4, -0.2) is 52.7 Å². The Labute approximate surface area is 235 Å². The van der Waals surface area contributed by atoms with Gasteiger partial charge in [-0.25, -0.2) is 13.4 Å². The molecule has 16 heteroatoms. The molecule has 1 aromatic carbocycles. The number of benzene rings is 1. The van der Waals surface area contributed by atoms with E-state index in [4.69, 9.17) is 0 Å². The third kappa shape index (κ3) is 12.7. The summed E-state index contributed by atoms with van der Waals surface area (Å²) in [5.41, 5.74) is 0.471. The number of hydrogen-bond acceptors (Lipinski definition) is 10. The minimum Gasteiger partial charge on any atom is -0.871 e. The average Bonchev–Trinajstić information content (AvgIpc) is 2.65. The third-order valence-corrected chi connectivity index (χ3v) is 4.62. The standard InChI is InChI=1S/C17H21N5O6S.2Na.2H2O/c1-2-8-21(9-3-10-29(26,27)28)13-4-6-15(16(23)11-13)19-20-17-7-5-14(12-18-17)22(24)25;;;;/h4-7,11-12,23H,2-3,8-10H2,1H3,(H,26,27,28);;;2*1H2/q;2*+1;;/p-2. The number of hydrogen-bond donors (Lipinski definition) is 0. The second kappa shape index (κ2) is 17.3. The molecule has 0 aliphatic rings. The Morgan fingerprint density at radius 1 is 1.09 bits per heavy atom. The Bertz CT molecular complexity index is 993. The van der Waals surface area contributed by atoms with Crippen LogP contribution in [0.5, 0.6) is 5.75 Å². The SMILES string of the molecule is CCCN(CCCS(=O)(=O)[O-])c1ccc(N=Nc2ccc([N+](=O)[O-])cn2)c([O-])c1.O.O.[Na+].[Na+]. The van der Waals surface area contributed by atoms with Crippen molar-refractivity contribution in [3.63, 3.8) is 0 Å². The van der Waals surface area contributed by atoms with Crippen molar-refractivity contribution in [2.45, 2.75) is 19.8 Å². The molecule has 172 valence electrons. The van der Waals surface area contributed by atoms with Crippen LogP contribution in [0.2, 0.25) is 0 Å². The van der Waals surface area contributed by atoms with Gasteiger partial charge in [-0.15, -0.1) is 10.2 Å². The van der Waals surface area contributed by atoms with Crippen molar-refractivity contribution in [2.75, 3.05) is 23.7 Å². The maximum atomic E-state index is 12.3. The van der Waals surface area contributed by atoms with Gasteiger partial charge >= 0.3 is 59.1 Å². The average molecular weight is 503 g/mol. The topological polar surface area (TPSA) is 227 Å². The third-order valence-electron chi connectivity index (χ3n) is 3.83. The molecule has 0 amide bonds. The molecule has 4 N–H and O–H groups in total. The summed E-state index contributed by atoms with van der Waals surface area (Å²) in [5.74, 6) is -0.748. The van der Waals surface area contributed by atoms with Crippen LogP contribution in [0.3, 0.4) is 0 Å². The molecule has 13 nitrogen and oxygen atoms in total. The second-order valence-electron chi connectivity index (χ2n) is 6.09. The number of azo groups is 1. The summed E-state index contributed by atoms with van der Waals surface area (Å²) in [6.07, 6.45) is 1.97. The van der Waals surface area contributed by atoms with Gasteiger partial charge in [0, 0.05) is 30.6 Å². The largest absolute Gasteiger partial charge is 1.00 e. The Hall–Kier alpha value is -1.20. The molecule has 0 fully saturated rings. The van der Waals surface area contributed by atoms with Gasteiger partial charge < -0.3 is 25.5 Å². The van der Waals surface area contributed by atoms with Gasteiger partial charge in [0.2, 0.25) is 0 Å². The van der Waals surface area contributed by atoms with E-state index in [0.717, 1.165) is 12.6 Å². The number of anilines is 1. The first-order valence-corrected chi connectivity index (χ1v) is 10.3. The zero-order valence-corrected chi connectivity index (χ0v) is 23.4. The van der Waals surface area contributed by atoms with Gasteiger partial charge in [-0.2, -0.15) is 0 Å². The van der Waals surface area contributed by atoms with Gasteiger partial charge in [0.05, 0.1) is 20.7 Å². The molecule has 33 heavy (non-hydrogen) atoms. The van der Waals surface area contributed by atoms with E-state index in [9.17, 15) is 28.2 Å². The predicted molar refractivity (Wildman–Crippen MR) is 110 cm³/mol. The van der Waals surface area contributed by atoms with Crippen molar-refractivity contribution in [3.05, 3.63) is 46.6 Å². The Morgan fingerprint density at radius 2 is 1.76 bits per heavy atom. The molecular weight excluding hydrogens is 480 g/mol. The monoisotopic (exact) mass is 503 g/mol. The van der Waals surface area contributed by atoms with Crippen molar-refractivity contribution < 1.29 is 93.1 Å². The van der Waals surface area contributed by atoms with Crippen LogP contribution >= 0.6 is 0 Å². The minimum absolute atomic E-state index is 0. The van der Waals surface area contributed by atoms with Gasteiger partial charge in [0.1, 0.15) is 6.20 Å². The van der Waals surface area contributed by atoms with Crippen LogP contribution in [0, 0.1) is 10.1 Å². The molecule has 0 unspecified atom stereocenters. The number of pyridine rings is 1. The van der Waals surface area contributed by atoms with Gasteiger partial charge in [-0.3, -0.25) is 10.1 Å². The summed E-state index contributed by atoms with van der Waals surface area (Å²) in [5, 5.41) is 30.5. The molecule has 2 aromatic rings. The second-order valence-corrected chi connectivity index (χ2v) is 7.61. The van der Waals surface area contributed by atoms with E-state index >= 15 is 0 Å². The van der Waals surface area contributed by atoms with E-state index in [1.54, 1.807) is 6.07 Å². The molecular formula is C17H23N5Na2O8S. The van der Waals surface area contributed by atoms with Gasteiger partial charge in [0.15, 0.2) is 5.82 Å². The Kier molecular flexibility index (Phi) is 19.0. The van der Waals surface area contributed by atoms with Crippen molar-refractivity contribution in [1.82, 2.24) is 4.98 Å².